The van der Waals surface area contributed by atoms with Gasteiger partial charge in [-0.15, -0.1) is 0 Å². The van der Waals surface area contributed by atoms with Crippen LogP contribution in [0.1, 0.15) is 12.7 Å². The largest absolute Gasteiger partial charge is 0.355 e. The van der Waals surface area contributed by atoms with Crippen molar-refractivity contribution in [3.8, 4) is 0 Å². The van der Waals surface area contributed by atoms with Gasteiger partial charge in [0, 0.05) is 27.1 Å². The fraction of sp³-hybridized carbons (Fsp3) is 0.556. The van der Waals surface area contributed by atoms with Crippen LogP contribution in [0.2, 0.25) is 5.15 Å². The number of imidazole rings is 1. The molecule has 0 bridgehead atoms. The molecule has 15 heavy (non-hydrogen) atoms. The van der Waals surface area contributed by atoms with Crippen LogP contribution in [0.5, 0.6) is 0 Å². The highest BCUT2D eigenvalue weighted by atomic mass is 35.5. The van der Waals surface area contributed by atoms with E-state index in [4.69, 9.17) is 11.6 Å². The zero-order valence-electron chi connectivity index (χ0n) is 8.88. The Morgan fingerprint density at radius 1 is 1.60 bits per heavy atom. The second kappa shape index (κ2) is 5.72. The van der Waals surface area contributed by atoms with Gasteiger partial charge in [-0.3, -0.25) is 4.79 Å². The summed E-state index contributed by atoms with van der Waals surface area (Å²) in [7, 11) is 1.86. The standard InChI is InChI=1S/C9H15ClN4O/c1-7(15)12-4-3-11-6-9-13-5-8(10)14(9)2/h5,11H,3-4,6H2,1-2H3,(H,12,15). The number of amides is 1. The maximum absolute atomic E-state index is 10.6. The lowest BCUT2D eigenvalue weighted by Crippen LogP contribution is -2.30. The molecule has 2 N–H and O–H groups in total. The van der Waals surface area contributed by atoms with Crippen LogP contribution in [-0.2, 0) is 18.4 Å². The van der Waals surface area contributed by atoms with Crippen LogP contribution in [-0.4, -0.2) is 28.5 Å². The van der Waals surface area contributed by atoms with Crippen molar-refractivity contribution < 1.29 is 4.79 Å². The number of hydrogen-bond donors (Lipinski definition) is 2. The Hall–Kier alpha value is -1.07. The van der Waals surface area contributed by atoms with Crippen LogP contribution >= 0.6 is 11.6 Å². The number of carbonyl (C=O) groups is 1. The van der Waals surface area contributed by atoms with E-state index in [0.717, 1.165) is 5.82 Å². The fourth-order valence-corrected chi connectivity index (χ4v) is 1.26. The molecule has 0 aliphatic rings. The number of hydrogen-bond acceptors (Lipinski definition) is 3. The van der Waals surface area contributed by atoms with Crippen molar-refractivity contribution >= 4 is 17.5 Å². The Morgan fingerprint density at radius 2 is 2.33 bits per heavy atom. The number of carbonyl (C=O) groups excluding carboxylic acids is 1. The zero-order chi connectivity index (χ0) is 11.3. The number of nitrogens with one attached hydrogen (secondary N) is 2. The summed E-state index contributed by atoms with van der Waals surface area (Å²) in [6.07, 6.45) is 1.62. The summed E-state index contributed by atoms with van der Waals surface area (Å²) in [4.78, 5) is 14.7. The number of halogens is 1. The highest BCUT2D eigenvalue weighted by Gasteiger charge is 2.02. The molecular weight excluding hydrogens is 216 g/mol. The minimum Gasteiger partial charge on any atom is -0.355 e. The SMILES string of the molecule is CC(=O)NCCNCc1ncc(Cl)n1C. The summed E-state index contributed by atoms with van der Waals surface area (Å²) in [5.41, 5.74) is 0. The van der Waals surface area contributed by atoms with Gasteiger partial charge in [-0.25, -0.2) is 4.98 Å². The van der Waals surface area contributed by atoms with E-state index in [1.165, 1.54) is 6.92 Å². The lowest BCUT2D eigenvalue weighted by Gasteiger charge is -2.05. The molecule has 0 atom stereocenters. The highest BCUT2D eigenvalue weighted by Crippen LogP contribution is 2.08. The van der Waals surface area contributed by atoms with Gasteiger partial charge in [0.25, 0.3) is 0 Å². The van der Waals surface area contributed by atoms with Gasteiger partial charge in [0.15, 0.2) is 0 Å². The Labute approximate surface area is 93.8 Å². The highest BCUT2D eigenvalue weighted by molar-refractivity contribution is 6.29. The van der Waals surface area contributed by atoms with E-state index in [1.54, 1.807) is 6.20 Å². The molecule has 0 saturated carbocycles. The van der Waals surface area contributed by atoms with E-state index in [2.05, 4.69) is 15.6 Å². The fourth-order valence-electron chi connectivity index (χ4n) is 1.12. The summed E-state index contributed by atoms with van der Waals surface area (Å²) in [5.74, 6) is 0.861. The monoisotopic (exact) mass is 230 g/mol. The Morgan fingerprint density at radius 3 is 2.87 bits per heavy atom. The molecular formula is C9H15ClN4O. The molecule has 0 saturated heterocycles. The Balaban J connectivity index is 2.20. The molecule has 0 fully saturated rings. The topological polar surface area (TPSA) is 59.0 Å². The molecule has 0 aliphatic heterocycles. The van der Waals surface area contributed by atoms with Crippen molar-refractivity contribution in [3.63, 3.8) is 0 Å². The third-order valence-electron chi connectivity index (χ3n) is 1.99. The van der Waals surface area contributed by atoms with Gasteiger partial charge in [-0.1, -0.05) is 11.6 Å². The van der Waals surface area contributed by atoms with E-state index in [0.29, 0.717) is 24.8 Å². The minimum atomic E-state index is -0.0168. The summed E-state index contributed by atoms with van der Waals surface area (Å²) in [6.45, 7) is 3.47. The minimum absolute atomic E-state index is 0.0168. The summed E-state index contributed by atoms with van der Waals surface area (Å²) >= 11 is 5.83. The van der Waals surface area contributed by atoms with Crippen LogP contribution in [0.4, 0.5) is 0 Å². The van der Waals surface area contributed by atoms with Gasteiger partial charge >= 0.3 is 0 Å². The Bertz CT molecular complexity index is 337. The van der Waals surface area contributed by atoms with Crippen molar-refractivity contribution in [3.05, 3.63) is 17.2 Å². The molecule has 5 nitrogen and oxygen atoms in total. The Kier molecular flexibility index (Phi) is 4.58. The normalized spacial score (nSPS) is 10.3. The van der Waals surface area contributed by atoms with Crippen molar-refractivity contribution in [1.82, 2.24) is 20.2 Å². The van der Waals surface area contributed by atoms with Gasteiger partial charge in [0.05, 0.1) is 12.7 Å². The summed E-state index contributed by atoms with van der Waals surface area (Å²) in [5, 5.41) is 6.47. The van der Waals surface area contributed by atoms with E-state index < -0.39 is 0 Å². The predicted octanol–water partition coefficient (Wildman–Crippen LogP) is 0.299. The first-order chi connectivity index (χ1) is 7.11. The first kappa shape index (κ1) is 12.0. The molecule has 0 spiro atoms. The molecule has 1 amide bonds. The zero-order valence-corrected chi connectivity index (χ0v) is 9.64. The number of aromatic nitrogens is 2. The molecule has 84 valence electrons. The molecule has 0 aliphatic carbocycles. The van der Waals surface area contributed by atoms with Crippen molar-refractivity contribution in [2.75, 3.05) is 13.1 Å². The van der Waals surface area contributed by atoms with Gasteiger partial charge < -0.3 is 15.2 Å². The van der Waals surface area contributed by atoms with E-state index in [-0.39, 0.29) is 5.91 Å². The van der Waals surface area contributed by atoms with Crippen LogP contribution in [0.15, 0.2) is 6.20 Å². The second-order valence-corrected chi connectivity index (χ2v) is 3.60. The lowest BCUT2D eigenvalue weighted by atomic mass is 10.5. The van der Waals surface area contributed by atoms with Gasteiger partial charge in [0.1, 0.15) is 11.0 Å². The average molecular weight is 231 g/mol. The average Bonchev–Trinajstić information content (AvgIpc) is 2.48. The van der Waals surface area contributed by atoms with Crippen molar-refractivity contribution in [2.24, 2.45) is 7.05 Å². The predicted molar refractivity (Wildman–Crippen MR) is 58.6 cm³/mol. The quantitative estimate of drug-likeness (QED) is 0.716. The first-order valence-electron chi connectivity index (χ1n) is 4.72. The second-order valence-electron chi connectivity index (χ2n) is 3.22. The smallest absolute Gasteiger partial charge is 0.216 e. The van der Waals surface area contributed by atoms with Crippen LogP contribution in [0.3, 0.4) is 0 Å². The molecule has 1 rings (SSSR count). The van der Waals surface area contributed by atoms with Gasteiger partial charge in [-0.2, -0.15) is 0 Å². The van der Waals surface area contributed by atoms with Gasteiger partial charge in [-0.05, 0) is 0 Å². The molecule has 0 unspecified atom stereocenters. The molecule has 1 heterocycles. The van der Waals surface area contributed by atoms with Gasteiger partial charge in [0.2, 0.25) is 5.91 Å². The van der Waals surface area contributed by atoms with Crippen molar-refractivity contribution in [1.29, 1.82) is 0 Å². The number of nitrogens with zero attached hydrogens (tertiary/aromatic N) is 2. The third-order valence-corrected chi connectivity index (χ3v) is 2.34. The van der Waals surface area contributed by atoms with E-state index >= 15 is 0 Å². The molecule has 6 heteroatoms. The van der Waals surface area contributed by atoms with E-state index in [9.17, 15) is 4.79 Å². The first-order valence-corrected chi connectivity index (χ1v) is 5.10. The molecule has 1 aromatic rings. The maximum Gasteiger partial charge on any atom is 0.216 e. The lowest BCUT2D eigenvalue weighted by molar-refractivity contribution is -0.118. The van der Waals surface area contributed by atoms with Crippen LogP contribution < -0.4 is 10.6 Å². The van der Waals surface area contributed by atoms with Crippen molar-refractivity contribution in [2.45, 2.75) is 13.5 Å². The van der Waals surface area contributed by atoms with E-state index in [1.807, 2.05) is 11.6 Å². The number of rotatable bonds is 5. The summed E-state index contributed by atoms with van der Waals surface area (Å²) in [6, 6.07) is 0. The van der Waals surface area contributed by atoms with Crippen LogP contribution in [0.25, 0.3) is 0 Å². The molecule has 1 aromatic heterocycles. The maximum atomic E-state index is 10.6. The molecule has 0 aromatic carbocycles. The summed E-state index contributed by atoms with van der Waals surface area (Å²) < 4.78 is 1.81. The molecule has 0 radical (unpaired) electrons. The van der Waals surface area contributed by atoms with Crippen LogP contribution in [0, 0.1) is 0 Å². The third kappa shape index (κ3) is 3.89.